The fraction of sp³-hybridized carbons (Fsp3) is 0.611. The van der Waals surface area contributed by atoms with Crippen molar-refractivity contribution in [3.05, 3.63) is 35.9 Å². The van der Waals surface area contributed by atoms with E-state index in [0.29, 0.717) is 26.2 Å². The van der Waals surface area contributed by atoms with Crippen molar-refractivity contribution in [3.63, 3.8) is 0 Å². The molecule has 0 spiro atoms. The summed E-state index contributed by atoms with van der Waals surface area (Å²) in [5.74, 6) is 0.101. The van der Waals surface area contributed by atoms with Crippen LogP contribution in [0, 0.1) is 0 Å². The third kappa shape index (κ3) is 5.94. The summed E-state index contributed by atoms with van der Waals surface area (Å²) in [6.45, 7) is 2.10. The van der Waals surface area contributed by atoms with Crippen molar-refractivity contribution in [3.8, 4) is 0 Å². The number of amides is 1. The first kappa shape index (κ1) is 17.9. The van der Waals surface area contributed by atoms with Crippen LogP contribution in [0.25, 0.3) is 0 Å². The maximum absolute atomic E-state index is 12.6. The largest absolute Gasteiger partial charge is 0.383 e. The van der Waals surface area contributed by atoms with Gasteiger partial charge in [0.25, 0.3) is 0 Å². The lowest BCUT2D eigenvalue weighted by Crippen LogP contribution is -2.50. The highest BCUT2D eigenvalue weighted by molar-refractivity contribution is 5.78. The number of carbonyl (C=O) groups excluding carboxylic acids is 1. The van der Waals surface area contributed by atoms with Crippen LogP contribution < -0.4 is 11.1 Å². The first-order valence-electron chi connectivity index (χ1n) is 8.50. The minimum atomic E-state index is 0.101. The third-order valence-corrected chi connectivity index (χ3v) is 4.47. The Balaban J connectivity index is 1.87. The molecule has 2 rings (SSSR count). The summed E-state index contributed by atoms with van der Waals surface area (Å²) in [4.78, 5) is 14.4. The zero-order chi connectivity index (χ0) is 16.5. The Morgan fingerprint density at radius 3 is 2.74 bits per heavy atom. The van der Waals surface area contributed by atoms with Crippen LogP contribution >= 0.6 is 0 Å². The molecule has 5 nitrogen and oxygen atoms in total. The second-order valence-corrected chi connectivity index (χ2v) is 6.23. The van der Waals surface area contributed by atoms with Crippen LogP contribution in [0.2, 0.25) is 0 Å². The maximum Gasteiger partial charge on any atom is 0.236 e. The zero-order valence-corrected chi connectivity index (χ0v) is 14.0. The van der Waals surface area contributed by atoms with Crippen LogP contribution in [-0.2, 0) is 16.1 Å². The molecular weight excluding hydrogens is 290 g/mol. The predicted octanol–water partition coefficient (Wildman–Crippen LogP) is 1.52. The van der Waals surface area contributed by atoms with Crippen molar-refractivity contribution >= 4 is 5.91 Å². The molecule has 1 aromatic rings. The van der Waals surface area contributed by atoms with Crippen molar-refractivity contribution in [2.45, 2.75) is 44.3 Å². The van der Waals surface area contributed by atoms with Crippen molar-refractivity contribution in [2.75, 3.05) is 26.8 Å². The summed E-state index contributed by atoms with van der Waals surface area (Å²) in [6.07, 6.45) is 4.49. The third-order valence-electron chi connectivity index (χ3n) is 4.47. The van der Waals surface area contributed by atoms with Gasteiger partial charge in [0, 0.05) is 32.3 Å². The molecule has 2 atom stereocenters. The Labute approximate surface area is 139 Å². The minimum absolute atomic E-state index is 0.101. The van der Waals surface area contributed by atoms with Crippen LogP contribution in [-0.4, -0.2) is 49.7 Å². The molecule has 0 bridgehead atoms. The molecule has 0 aliphatic heterocycles. The van der Waals surface area contributed by atoms with Gasteiger partial charge < -0.3 is 20.7 Å². The van der Waals surface area contributed by atoms with Gasteiger partial charge in [-0.15, -0.1) is 0 Å². The number of nitrogens with zero attached hydrogens (tertiary/aromatic N) is 1. The predicted molar refractivity (Wildman–Crippen MR) is 92.0 cm³/mol. The summed E-state index contributed by atoms with van der Waals surface area (Å²) in [7, 11) is 1.66. The highest BCUT2D eigenvalue weighted by atomic mass is 16.5. The molecule has 1 fully saturated rings. The number of ether oxygens (including phenoxy) is 1. The fourth-order valence-corrected chi connectivity index (χ4v) is 3.04. The van der Waals surface area contributed by atoms with Gasteiger partial charge in [-0.05, 0) is 18.4 Å². The minimum Gasteiger partial charge on any atom is -0.383 e. The number of methoxy groups -OCH3 is 1. The van der Waals surface area contributed by atoms with E-state index in [-0.39, 0.29) is 18.0 Å². The smallest absolute Gasteiger partial charge is 0.236 e. The van der Waals surface area contributed by atoms with Gasteiger partial charge in [0.05, 0.1) is 13.2 Å². The van der Waals surface area contributed by atoms with Gasteiger partial charge in [0.15, 0.2) is 0 Å². The summed E-state index contributed by atoms with van der Waals surface area (Å²) in [5, 5.41) is 3.36. The van der Waals surface area contributed by atoms with Gasteiger partial charge in [-0.3, -0.25) is 4.79 Å². The number of nitrogens with one attached hydrogen (secondary N) is 1. The fourth-order valence-electron chi connectivity index (χ4n) is 3.04. The Morgan fingerprint density at radius 2 is 2.04 bits per heavy atom. The highest BCUT2D eigenvalue weighted by Crippen LogP contribution is 2.16. The number of rotatable bonds is 8. The lowest BCUT2D eigenvalue weighted by atomic mass is 9.91. The molecule has 1 amide bonds. The molecule has 1 aliphatic carbocycles. The molecule has 1 aromatic carbocycles. The Morgan fingerprint density at radius 1 is 1.30 bits per heavy atom. The highest BCUT2D eigenvalue weighted by Gasteiger charge is 2.23. The quantitative estimate of drug-likeness (QED) is 0.762. The van der Waals surface area contributed by atoms with Gasteiger partial charge >= 0.3 is 0 Å². The van der Waals surface area contributed by atoms with Crippen molar-refractivity contribution < 1.29 is 9.53 Å². The Hall–Kier alpha value is -1.43. The van der Waals surface area contributed by atoms with Gasteiger partial charge in [-0.2, -0.15) is 0 Å². The summed E-state index contributed by atoms with van der Waals surface area (Å²) < 4.78 is 5.14. The SMILES string of the molecule is COCCN(Cc1ccccc1)C(=O)CN[C@@H]1CCCC[C@@H]1N. The first-order chi connectivity index (χ1) is 11.2. The van der Waals surface area contributed by atoms with E-state index < -0.39 is 0 Å². The topological polar surface area (TPSA) is 67.6 Å². The number of carbonyl (C=O) groups is 1. The average Bonchev–Trinajstić information content (AvgIpc) is 2.58. The van der Waals surface area contributed by atoms with Gasteiger partial charge in [0.2, 0.25) is 5.91 Å². The molecule has 0 heterocycles. The van der Waals surface area contributed by atoms with E-state index in [1.807, 2.05) is 35.2 Å². The molecule has 128 valence electrons. The molecule has 1 aliphatic rings. The van der Waals surface area contributed by atoms with Gasteiger partial charge in [-0.1, -0.05) is 43.2 Å². The van der Waals surface area contributed by atoms with E-state index in [0.717, 1.165) is 18.4 Å². The summed E-state index contributed by atoms with van der Waals surface area (Å²) in [5.41, 5.74) is 7.27. The molecule has 0 radical (unpaired) electrons. The van der Waals surface area contributed by atoms with Crippen molar-refractivity contribution in [1.82, 2.24) is 10.2 Å². The van der Waals surface area contributed by atoms with E-state index in [9.17, 15) is 4.79 Å². The number of hydrogen-bond acceptors (Lipinski definition) is 4. The second kappa shape index (κ2) is 9.65. The monoisotopic (exact) mass is 319 g/mol. The van der Waals surface area contributed by atoms with E-state index in [2.05, 4.69) is 5.32 Å². The van der Waals surface area contributed by atoms with E-state index in [4.69, 9.17) is 10.5 Å². The molecule has 5 heteroatoms. The zero-order valence-electron chi connectivity index (χ0n) is 14.0. The van der Waals surface area contributed by atoms with Crippen molar-refractivity contribution in [1.29, 1.82) is 0 Å². The van der Waals surface area contributed by atoms with E-state index >= 15 is 0 Å². The Kier molecular flexibility index (Phi) is 7.52. The van der Waals surface area contributed by atoms with Crippen molar-refractivity contribution in [2.24, 2.45) is 5.73 Å². The van der Waals surface area contributed by atoms with Crippen LogP contribution in [0.15, 0.2) is 30.3 Å². The molecular formula is C18H29N3O2. The average molecular weight is 319 g/mol. The molecule has 0 aromatic heterocycles. The Bertz CT molecular complexity index is 467. The van der Waals surface area contributed by atoms with Crippen LogP contribution in [0.5, 0.6) is 0 Å². The second-order valence-electron chi connectivity index (χ2n) is 6.23. The van der Waals surface area contributed by atoms with E-state index in [1.54, 1.807) is 7.11 Å². The molecule has 0 saturated heterocycles. The number of nitrogens with two attached hydrogens (primary N) is 1. The van der Waals surface area contributed by atoms with Crippen LogP contribution in [0.1, 0.15) is 31.2 Å². The van der Waals surface area contributed by atoms with E-state index in [1.165, 1.54) is 12.8 Å². The maximum atomic E-state index is 12.6. The molecule has 3 N–H and O–H groups in total. The van der Waals surface area contributed by atoms with Crippen LogP contribution in [0.3, 0.4) is 0 Å². The number of hydrogen-bond donors (Lipinski definition) is 2. The summed E-state index contributed by atoms with van der Waals surface area (Å²) >= 11 is 0. The number of benzene rings is 1. The first-order valence-corrected chi connectivity index (χ1v) is 8.50. The summed E-state index contributed by atoms with van der Waals surface area (Å²) in [6, 6.07) is 10.5. The normalized spacial score (nSPS) is 21.1. The molecule has 1 saturated carbocycles. The standard InChI is InChI=1S/C18H29N3O2/c1-23-12-11-21(14-15-7-3-2-4-8-15)18(22)13-20-17-10-6-5-9-16(17)19/h2-4,7-8,16-17,20H,5-6,9-14,19H2,1H3/t16-,17+/m0/s1. The van der Waals surface area contributed by atoms with Crippen LogP contribution in [0.4, 0.5) is 0 Å². The lowest BCUT2D eigenvalue weighted by Gasteiger charge is -2.30. The molecule has 0 unspecified atom stereocenters. The molecule has 23 heavy (non-hydrogen) atoms. The lowest BCUT2D eigenvalue weighted by molar-refractivity contribution is -0.131. The van der Waals surface area contributed by atoms with Gasteiger partial charge in [0.1, 0.15) is 0 Å². The van der Waals surface area contributed by atoms with Gasteiger partial charge in [-0.25, -0.2) is 0 Å².